The van der Waals surface area contributed by atoms with Crippen molar-refractivity contribution in [2.24, 2.45) is 5.14 Å². The molecule has 30 heavy (non-hydrogen) atoms. The van der Waals surface area contributed by atoms with Crippen LogP contribution >= 0.6 is 11.8 Å². The molecular formula is C21H20N2O5S2. The Hall–Kier alpha value is -2.88. The molecule has 3 rings (SSSR count). The lowest BCUT2D eigenvalue weighted by atomic mass is 10.2. The molecule has 2 aromatic carbocycles. The summed E-state index contributed by atoms with van der Waals surface area (Å²) in [5.74, 6) is -0.0543. The molecule has 2 N–H and O–H groups in total. The van der Waals surface area contributed by atoms with Crippen molar-refractivity contribution < 1.29 is 22.7 Å². The van der Waals surface area contributed by atoms with Crippen LogP contribution < -0.4 is 9.88 Å². The number of ether oxygens (including phenoxy) is 2. The Morgan fingerprint density at radius 1 is 1.03 bits per heavy atom. The predicted octanol–water partition coefficient (Wildman–Crippen LogP) is 3.42. The summed E-state index contributed by atoms with van der Waals surface area (Å²) in [6.07, 6.45) is 1.63. The number of aromatic nitrogens is 1. The highest BCUT2D eigenvalue weighted by Gasteiger charge is 2.15. The van der Waals surface area contributed by atoms with E-state index in [1.165, 1.54) is 36.0 Å². The number of hydrogen-bond donors (Lipinski definition) is 1. The van der Waals surface area contributed by atoms with Gasteiger partial charge in [-0.25, -0.2) is 23.3 Å². The molecule has 3 aromatic rings. The van der Waals surface area contributed by atoms with Crippen LogP contribution in [0.1, 0.15) is 15.9 Å². The smallest absolute Gasteiger partial charge is 0.341 e. The first-order valence-electron chi connectivity index (χ1n) is 8.95. The lowest BCUT2D eigenvalue weighted by molar-refractivity contribution is 0.0445. The van der Waals surface area contributed by atoms with Crippen LogP contribution in [0.15, 0.2) is 81.7 Å². The molecule has 0 aliphatic carbocycles. The maximum absolute atomic E-state index is 12.5. The maximum Gasteiger partial charge on any atom is 0.341 e. The minimum atomic E-state index is -3.75. The summed E-state index contributed by atoms with van der Waals surface area (Å²) in [5.41, 5.74) is 1.53. The molecule has 0 atom stereocenters. The number of aryl methyl sites for hydroxylation is 1. The number of carbonyl (C=O) groups excluding carboxylic acids is 1. The van der Waals surface area contributed by atoms with E-state index < -0.39 is 16.0 Å². The van der Waals surface area contributed by atoms with E-state index in [4.69, 9.17) is 14.6 Å². The van der Waals surface area contributed by atoms with E-state index in [-0.39, 0.29) is 18.1 Å². The van der Waals surface area contributed by atoms with Crippen LogP contribution in [-0.4, -0.2) is 32.6 Å². The quantitative estimate of drug-likeness (QED) is 0.419. The van der Waals surface area contributed by atoms with Gasteiger partial charge in [-0.05, 0) is 55.5 Å². The van der Waals surface area contributed by atoms with Gasteiger partial charge in [-0.1, -0.05) is 29.5 Å². The standard InChI is InChI=1S/C21H20N2O5S2/c1-15-4-8-17(9-5-15)29-20-19(3-2-12-23-20)21(24)28-14-13-27-16-6-10-18(11-7-16)30(22,25)26/h2-12H,13-14H2,1H3,(H2,22,25,26). The second kappa shape index (κ2) is 9.75. The van der Waals surface area contributed by atoms with E-state index in [1.807, 2.05) is 31.2 Å². The van der Waals surface area contributed by atoms with Gasteiger partial charge in [-0.2, -0.15) is 0 Å². The van der Waals surface area contributed by atoms with Gasteiger partial charge in [0.25, 0.3) is 0 Å². The highest BCUT2D eigenvalue weighted by atomic mass is 32.2. The number of rotatable bonds is 8. The second-order valence-corrected chi connectivity index (χ2v) is 8.90. The van der Waals surface area contributed by atoms with E-state index in [9.17, 15) is 13.2 Å². The van der Waals surface area contributed by atoms with E-state index in [1.54, 1.807) is 18.3 Å². The number of nitrogens with two attached hydrogens (primary N) is 1. The minimum Gasteiger partial charge on any atom is -0.490 e. The normalized spacial score (nSPS) is 11.1. The van der Waals surface area contributed by atoms with Crippen molar-refractivity contribution in [2.45, 2.75) is 21.7 Å². The van der Waals surface area contributed by atoms with E-state index in [0.717, 1.165) is 10.5 Å². The van der Waals surface area contributed by atoms with E-state index >= 15 is 0 Å². The van der Waals surface area contributed by atoms with Gasteiger partial charge in [-0.3, -0.25) is 0 Å². The lowest BCUT2D eigenvalue weighted by Gasteiger charge is -2.10. The zero-order chi connectivity index (χ0) is 21.6. The molecule has 1 heterocycles. The van der Waals surface area contributed by atoms with Gasteiger partial charge in [-0.15, -0.1) is 0 Å². The Bertz CT molecular complexity index is 1110. The van der Waals surface area contributed by atoms with Gasteiger partial charge in [0.2, 0.25) is 10.0 Å². The Kier molecular flexibility index (Phi) is 7.09. The molecule has 0 fully saturated rings. The van der Waals surface area contributed by atoms with Crippen molar-refractivity contribution in [3.05, 3.63) is 78.0 Å². The third kappa shape index (κ3) is 6.06. The summed E-state index contributed by atoms with van der Waals surface area (Å²) in [5, 5.41) is 5.61. The van der Waals surface area contributed by atoms with Gasteiger partial charge >= 0.3 is 5.97 Å². The largest absolute Gasteiger partial charge is 0.490 e. The average molecular weight is 445 g/mol. The molecule has 7 nitrogen and oxygen atoms in total. The Labute approximate surface area is 179 Å². The van der Waals surface area contributed by atoms with Gasteiger partial charge in [0.15, 0.2) is 0 Å². The van der Waals surface area contributed by atoms with Crippen LogP contribution in [0.3, 0.4) is 0 Å². The number of sulfonamides is 1. The first kappa shape index (κ1) is 21.8. The summed E-state index contributed by atoms with van der Waals surface area (Å²) in [7, 11) is -3.75. The van der Waals surface area contributed by atoms with E-state index in [2.05, 4.69) is 4.98 Å². The van der Waals surface area contributed by atoms with Crippen molar-refractivity contribution in [1.29, 1.82) is 0 Å². The average Bonchev–Trinajstić information content (AvgIpc) is 2.73. The fourth-order valence-corrected chi connectivity index (χ4v) is 3.83. The molecule has 0 aliphatic heterocycles. The van der Waals surface area contributed by atoms with Crippen LogP contribution in [0.25, 0.3) is 0 Å². The van der Waals surface area contributed by atoms with Gasteiger partial charge in [0.1, 0.15) is 24.0 Å². The predicted molar refractivity (Wildman–Crippen MR) is 113 cm³/mol. The summed E-state index contributed by atoms with van der Waals surface area (Å²) in [6, 6.07) is 16.9. The Morgan fingerprint density at radius 2 is 1.73 bits per heavy atom. The number of pyridine rings is 1. The van der Waals surface area contributed by atoms with Crippen molar-refractivity contribution in [3.63, 3.8) is 0 Å². The number of benzene rings is 2. The van der Waals surface area contributed by atoms with Crippen molar-refractivity contribution in [3.8, 4) is 5.75 Å². The molecule has 0 saturated carbocycles. The third-order valence-electron chi connectivity index (χ3n) is 3.96. The third-order valence-corrected chi connectivity index (χ3v) is 5.92. The van der Waals surface area contributed by atoms with Crippen LogP contribution in [0.4, 0.5) is 0 Å². The Balaban J connectivity index is 1.54. The molecule has 156 valence electrons. The van der Waals surface area contributed by atoms with Crippen molar-refractivity contribution >= 4 is 27.8 Å². The first-order chi connectivity index (χ1) is 14.3. The summed E-state index contributed by atoms with van der Waals surface area (Å²) in [6.45, 7) is 2.15. The molecular weight excluding hydrogens is 424 g/mol. The van der Waals surface area contributed by atoms with Crippen LogP contribution in [0.5, 0.6) is 5.75 Å². The fourth-order valence-electron chi connectivity index (χ4n) is 2.44. The minimum absolute atomic E-state index is 0.00328. The van der Waals surface area contributed by atoms with Gasteiger partial charge < -0.3 is 9.47 Å². The maximum atomic E-state index is 12.5. The topological polar surface area (TPSA) is 109 Å². The number of esters is 1. The Morgan fingerprint density at radius 3 is 2.40 bits per heavy atom. The second-order valence-electron chi connectivity index (χ2n) is 6.27. The zero-order valence-corrected chi connectivity index (χ0v) is 17.8. The van der Waals surface area contributed by atoms with Crippen LogP contribution in [0, 0.1) is 6.92 Å². The highest BCUT2D eigenvalue weighted by molar-refractivity contribution is 7.99. The molecule has 1 aromatic heterocycles. The number of carbonyl (C=O) groups is 1. The number of primary sulfonamides is 1. The first-order valence-corrected chi connectivity index (χ1v) is 11.3. The molecule has 0 unspecified atom stereocenters. The molecule has 0 amide bonds. The van der Waals surface area contributed by atoms with Gasteiger partial charge in [0.05, 0.1) is 10.5 Å². The number of nitrogens with zero attached hydrogens (tertiary/aromatic N) is 1. The van der Waals surface area contributed by atoms with Gasteiger partial charge in [0, 0.05) is 11.1 Å². The van der Waals surface area contributed by atoms with Crippen molar-refractivity contribution in [1.82, 2.24) is 4.98 Å². The zero-order valence-electron chi connectivity index (χ0n) is 16.1. The van der Waals surface area contributed by atoms with Crippen LogP contribution in [0.2, 0.25) is 0 Å². The highest BCUT2D eigenvalue weighted by Crippen LogP contribution is 2.29. The molecule has 0 bridgehead atoms. The molecule has 0 spiro atoms. The summed E-state index contributed by atoms with van der Waals surface area (Å²) in [4.78, 5) is 17.7. The summed E-state index contributed by atoms with van der Waals surface area (Å²) < 4.78 is 33.2. The molecule has 9 heteroatoms. The lowest BCUT2D eigenvalue weighted by Crippen LogP contribution is -2.14. The summed E-state index contributed by atoms with van der Waals surface area (Å²) >= 11 is 1.39. The molecule has 0 aliphatic rings. The monoisotopic (exact) mass is 444 g/mol. The fraction of sp³-hybridized carbons (Fsp3) is 0.143. The molecule has 0 radical (unpaired) electrons. The van der Waals surface area contributed by atoms with Crippen LogP contribution in [-0.2, 0) is 14.8 Å². The van der Waals surface area contributed by atoms with E-state index in [0.29, 0.717) is 16.3 Å². The van der Waals surface area contributed by atoms with Crippen molar-refractivity contribution in [2.75, 3.05) is 13.2 Å². The molecule has 0 saturated heterocycles. The SMILES string of the molecule is Cc1ccc(Sc2ncccc2C(=O)OCCOc2ccc(S(N)(=O)=O)cc2)cc1. The number of hydrogen-bond acceptors (Lipinski definition) is 7.